The minimum absolute atomic E-state index is 0.247. The third kappa shape index (κ3) is 2.39. The summed E-state index contributed by atoms with van der Waals surface area (Å²) in [6.07, 6.45) is 1.57. The molecule has 2 heterocycles. The zero-order chi connectivity index (χ0) is 13.3. The van der Waals surface area contributed by atoms with Crippen molar-refractivity contribution >= 4 is 28.1 Å². The van der Waals surface area contributed by atoms with Crippen molar-refractivity contribution in [2.45, 2.75) is 17.7 Å². The normalized spacial score (nSPS) is 12.6. The van der Waals surface area contributed by atoms with E-state index in [1.54, 1.807) is 30.1 Å². The molecule has 0 bridgehead atoms. The topological polar surface area (TPSA) is 73.8 Å². The van der Waals surface area contributed by atoms with Gasteiger partial charge in [0.15, 0.2) is 0 Å². The largest absolute Gasteiger partial charge is 0.396 e. The highest BCUT2D eigenvalue weighted by atomic mass is 35.5. The van der Waals surface area contributed by atoms with E-state index in [1.165, 1.54) is 0 Å². The molecule has 2 aromatic rings. The number of halogens is 1. The zero-order valence-electron chi connectivity index (χ0n) is 10.1. The number of nitrogen functional groups attached to an aromatic ring is 1. The Kier molecular flexibility index (Phi) is 3.68. The van der Waals surface area contributed by atoms with Gasteiger partial charge in [0.1, 0.15) is 5.03 Å². The highest BCUT2D eigenvalue weighted by molar-refractivity contribution is 7.84. The minimum Gasteiger partial charge on any atom is -0.396 e. The molecule has 7 heteroatoms. The van der Waals surface area contributed by atoms with Crippen LogP contribution in [0.2, 0.25) is 5.02 Å². The van der Waals surface area contributed by atoms with Crippen molar-refractivity contribution in [3.8, 4) is 0 Å². The molecule has 0 radical (unpaired) electrons. The molecule has 0 fully saturated rings. The zero-order valence-corrected chi connectivity index (χ0v) is 11.6. The maximum Gasteiger partial charge on any atom is 0.150 e. The van der Waals surface area contributed by atoms with E-state index < -0.39 is 10.8 Å². The second kappa shape index (κ2) is 5.07. The van der Waals surface area contributed by atoms with Crippen LogP contribution in [0.1, 0.15) is 11.4 Å². The van der Waals surface area contributed by atoms with Crippen LogP contribution in [0.4, 0.5) is 5.69 Å². The number of nitrogens with zero attached hydrogens (tertiary/aromatic N) is 3. The number of rotatable bonds is 3. The van der Waals surface area contributed by atoms with Crippen LogP contribution >= 0.6 is 11.6 Å². The molecule has 0 amide bonds. The van der Waals surface area contributed by atoms with Gasteiger partial charge in [0.2, 0.25) is 0 Å². The lowest BCUT2D eigenvalue weighted by Gasteiger charge is -2.05. The fraction of sp³-hybridized carbons (Fsp3) is 0.273. The maximum atomic E-state index is 12.2. The van der Waals surface area contributed by atoms with Crippen LogP contribution in [0.15, 0.2) is 23.4 Å². The number of aryl methyl sites for hydroxylation is 2. The van der Waals surface area contributed by atoms with Crippen LogP contribution in [-0.2, 0) is 23.6 Å². The number of anilines is 1. The van der Waals surface area contributed by atoms with Gasteiger partial charge in [-0.2, -0.15) is 5.10 Å². The lowest BCUT2D eigenvalue weighted by Crippen LogP contribution is -2.07. The predicted molar refractivity (Wildman–Crippen MR) is 71.7 cm³/mol. The number of hydrogen-bond acceptors (Lipinski definition) is 4. The Bertz CT molecular complexity index is 611. The molecule has 5 nitrogen and oxygen atoms in total. The van der Waals surface area contributed by atoms with Gasteiger partial charge in [0.25, 0.3) is 0 Å². The molecule has 0 aromatic carbocycles. The number of hydrogen-bond donors (Lipinski definition) is 1. The maximum absolute atomic E-state index is 12.2. The van der Waals surface area contributed by atoms with Crippen LogP contribution in [0.3, 0.4) is 0 Å². The van der Waals surface area contributed by atoms with Crippen molar-refractivity contribution in [2.75, 3.05) is 5.73 Å². The summed E-state index contributed by atoms with van der Waals surface area (Å²) in [4.78, 5) is 4.04. The first kappa shape index (κ1) is 13.0. The molecule has 0 saturated carbocycles. The molecule has 1 unspecified atom stereocenters. The SMILES string of the molecule is Cc1nn(C)c(CS(=O)c2ncccc2N)c1Cl. The molecule has 2 N–H and O–H groups in total. The molecule has 0 saturated heterocycles. The van der Waals surface area contributed by atoms with Gasteiger partial charge in [0, 0.05) is 13.2 Å². The van der Waals surface area contributed by atoms with E-state index in [1.807, 2.05) is 6.92 Å². The van der Waals surface area contributed by atoms with Gasteiger partial charge >= 0.3 is 0 Å². The summed E-state index contributed by atoms with van der Waals surface area (Å²) in [7, 11) is 0.436. The Balaban J connectivity index is 2.30. The van der Waals surface area contributed by atoms with Crippen LogP contribution in [-0.4, -0.2) is 19.0 Å². The molecule has 0 spiro atoms. The summed E-state index contributed by atoms with van der Waals surface area (Å²) >= 11 is 6.12. The fourth-order valence-corrected chi connectivity index (χ4v) is 3.15. The van der Waals surface area contributed by atoms with E-state index in [0.29, 0.717) is 15.7 Å². The van der Waals surface area contributed by atoms with Crippen LogP contribution in [0, 0.1) is 6.92 Å². The van der Waals surface area contributed by atoms with Gasteiger partial charge in [-0.15, -0.1) is 0 Å². The van der Waals surface area contributed by atoms with Gasteiger partial charge in [-0.1, -0.05) is 11.6 Å². The second-order valence-corrected chi connectivity index (χ2v) is 5.60. The molecule has 96 valence electrons. The lowest BCUT2D eigenvalue weighted by molar-refractivity contribution is 0.673. The Morgan fingerprint density at radius 1 is 1.56 bits per heavy atom. The molecule has 1 atom stereocenters. The van der Waals surface area contributed by atoms with E-state index in [-0.39, 0.29) is 5.75 Å². The van der Waals surface area contributed by atoms with E-state index in [4.69, 9.17) is 17.3 Å². The van der Waals surface area contributed by atoms with Crippen molar-refractivity contribution in [3.63, 3.8) is 0 Å². The fourth-order valence-electron chi connectivity index (χ4n) is 1.62. The standard InChI is InChI=1S/C11H13ClN4OS/c1-7-10(12)9(16(2)15-7)6-18(17)11-8(13)4-3-5-14-11/h3-5H,6,13H2,1-2H3. The average Bonchev–Trinajstić information content (AvgIpc) is 2.56. The van der Waals surface area contributed by atoms with Gasteiger partial charge in [-0.05, 0) is 19.1 Å². The quantitative estimate of drug-likeness (QED) is 0.930. The van der Waals surface area contributed by atoms with Crippen LogP contribution in [0.5, 0.6) is 0 Å². The van der Waals surface area contributed by atoms with Crippen molar-refractivity contribution in [2.24, 2.45) is 7.05 Å². The number of aromatic nitrogens is 3. The summed E-state index contributed by atoms with van der Waals surface area (Å²) in [5.74, 6) is 0.247. The lowest BCUT2D eigenvalue weighted by atomic mass is 10.4. The summed E-state index contributed by atoms with van der Waals surface area (Å²) in [6, 6.07) is 3.38. The molecule has 0 aliphatic carbocycles. The summed E-state index contributed by atoms with van der Waals surface area (Å²) in [5.41, 5.74) is 7.61. The summed E-state index contributed by atoms with van der Waals surface area (Å²) in [6.45, 7) is 1.81. The monoisotopic (exact) mass is 284 g/mol. The Hall–Kier alpha value is -1.40. The van der Waals surface area contributed by atoms with E-state index in [9.17, 15) is 4.21 Å². The summed E-state index contributed by atoms with van der Waals surface area (Å²) < 4.78 is 13.9. The second-order valence-electron chi connectivity index (χ2n) is 3.86. The van der Waals surface area contributed by atoms with Crippen molar-refractivity contribution < 1.29 is 4.21 Å². The first-order valence-electron chi connectivity index (χ1n) is 5.27. The minimum atomic E-state index is -1.33. The molecule has 18 heavy (non-hydrogen) atoms. The van der Waals surface area contributed by atoms with E-state index >= 15 is 0 Å². The average molecular weight is 285 g/mol. The Labute approximate surface area is 112 Å². The van der Waals surface area contributed by atoms with E-state index in [2.05, 4.69) is 10.1 Å². The van der Waals surface area contributed by atoms with Crippen LogP contribution < -0.4 is 5.73 Å². The van der Waals surface area contributed by atoms with Gasteiger partial charge in [-0.25, -0.2) is 4.98 Å². The predicted octanol–water partition coefficient (Wildman–Crippen LogP) is 1.67. The molecule has 2 rings (SSSR count). The van der Waals surface area contributed by atoms with Crippen LogP contribution in [0.25, 0.3) is 0 Å². The van der Waals surface area contributed by atoms with Gasteiger partial charge in [-0.3, -0.25) is 8.89 Å². The van der Waals surface area contributed by atoms with Gasteiger partial charge < -0.3 is 5.73 Å². The third-order valence-corrected chi connectivity index (χ3v) is 4.35. The Morgan fingerprint density at radius 3 is 2.83 bits per heavy atom. The third-order valence-electron chi connectivity index (χ3n) is 2.55. The summed E-state index contributed by atoms with van der Waals surface area (Å²) in [5, 5.41) is 5.10. The highest BCUT2D eigenvalue weighted by Gasteiger charge is 2.17. The van der Waals surface area contributed by atoms with Crippen molar-refractivity contribution in [3.05, 3.63) is 34.7 Å². The first-order chi connectivity index (χ1) is 8.50. The molecular formula is C11H13ClN4OS. The molecule has 2 aromatic heterocycles. The van der Waals surface area contributed by atoms with Crippen molar-refractivity contribution in [1.29, 1.82) is 0 Å². The van der Waals surface area contributed by atoms with Gasteiger partial charge in [0.05, 0.1) is 38.7 Å². The van der Waals surface area contributed by atoms with Crippen molar-refractivity contribution in [1.82, 2.24) is 14.8 Å². The molecule has 0 aliphatic rings. The number of pyridine rings is 1. The first-order valence-corrected chi connectivity index (χ1v) is 6.97. The number of nitrogens with two attached hydrogens (primary N) is 1. The van der Waals surface area contributed by atoms with E-state index in [0.717, 1.165) is 11.4 Å². The Morgan fingerprint density at radius 2 is 2.28 bits per heavy atom. The smallest absolute Gasteiger partial charge is 0.150 e. The highest BCUT2D eigenvalue weighted by Crippen LogP contribution is 2.23. The molecule has 0 aliphatic heterocycles. The molecular weight excluding hydrogens is 272 g/mol.